The summed E-state index contributed by atoms with van der Waals surface area (Å²) in [7, 11) is 0. The van der Waals surface area contributed by atoms with E-state index in [1.807, 2.05) is 11.8 Å². The van der Waals surface area contributed by atoms with Crippen LogP contribution < -0.4 is 15.5 Å². The molecular weight excluding hydrogens is 434 g/mol. The van der Waals surface area contributed by atoms with Crippen molar-refractivity contribution < 1.29 is 16.4 Å². The lowest BCUT2D eigenvalue weighted by Gasteiger charge is -2.28. The molecule has 11 nitrogen and oxygen atoms in total. The lowest BCUT2D eigenvalue weighted by molar-refractivity contribution is -0.117. The molecular formula is C23H25N9O2. The zero-order valence-corrected chi connectivity index (χ0v) is 18.4. The molecule has 4 aromatic rings. The predicted molar refractivity (Wildman–Crippen MR) is 128 cm³/mol. The summed E-state index contributed by atoms with van der Waals surface area (Å²) < 4.78 is 46.8. The molecule has 11 heteroatoms. The first-order chi connectivity index (χ1) is 18.6. The van der Waals surface area contributed by atoms with Gasteiger partial charge in [0.15, 0.2) is 23.1 Å². The Balaban J connectivity index is 1.46. The molecule has 2 fully saturated rings. The second kappa shape index (κ2) is 8.17. The third-order valence-corrected chi connectivity index (χ3v) is 6.20. The first-order valence-corrected chi connectivity index (χ1v) is 11.0. The van der Waals surface area contributed by atoms with E-state index in [1.54, 1.807) is 12.1 Å². The van der Waals surface area contributed by atoms with Crippen LogP contribution in [0.15, 0.2) is 30.5 Å². The van der Waals surface area contributed by atoms with Crippen LogP contribution in [0.4, 0.5) is 17.3 Å². The van der Waals surface area contributed by atoms with Gasteiger partial charge in [-0.1, -0.05) is 6.92 Å². The topological polar surface area (TPSA) is 122 Å². The molecule has 1 aliphatic heterocycles. The van der Waals surface area contributed by atoms with Gasteiger partial charge in [-0.25, -0.2) is 14.5 Å². The Morgan fingerprint density at radius 2 is 2.18 bits per heavy atom. The quantitative estimate of drug-likeness (QED) is 0.458. The zero-order chi connectivity index (χ0) is 27.5. The van der Waals surface area contributed by atoms with Crippen LogP contribution in [0.3, 0.4) is 0 Å². The Morgan fingerprint density at radius 1 is 1.32 bits per heavy atom. The number of ether oxygens (including phenoxy) is 1. The fourth-order valence-corrected chi connectivity index (χ4v) is 4.10. The highest BCUT2D eigenvalue weighted by Gasteiger charge is 2.39. The molecule has 34 heavy (non-hydrogen) atoms. The average molecular weight is 465 g/mol. The maximum atomic E-state index is 12.5. The molecule has 1 aliphatic carbocycles. The number of pyridine rings is 2. The number of anilines is 3. The highest BCUT2D eigenvalue weighted by atomic mass is 16.5. The van der Waals surface area contributed by atoms with Gasteiger partial charge in [0, 0.05) is 47.2 Å². The van der Waals surface area contributed by atoms with Crippen molar-refractivity contribution >= 4 is 39.8 Å². The second-order valence-electron chi connectivity index (χ2n) is 8.50. The molecule has 1 amide bonds. The summed E-state index contributed by atoms with van der Waals surface area (Å²) in [5.74, 6) is 0.452. The van der Waals surface area contributed by atoms with Crippen LogP contribution in [-0.2, 0) is 9.53 Å². The first kappa shape index (κ1) is 15.9. The van der Waals surface area contributed by atoms with Gasteiger partial charge in [0.2, 0.25) is 5.91 Å². The van der Waals surface area contributed by atoms with Gasteiger partial charge >= 0.3 is 0 Å². The van der Waals surface area contributed by atoms with E-state index in [1.165, 1.54) is 10.7 Å². The minimum Gasteiger partial charge on any atom is -0.378 e. The molecule has 0 radical (unpaired) electrons. The van der Waals surface area contributed by atoms with E-state index in [2.05, 4.69) is 35.9 Å². The van der Waals surface area contributed by atoms with Gasteiger partial charge in [-0.3, -0.25) is 4.79 Å². The van der Waals surface area contributed by atoms with Gasteiger partial charge in [-0.15, -0.1) is 15.3 Å². The molecule has 2 aliphatic rings. The van der Waals surface area contributed by atoms with Gasteiger partial charge in [0.25, 0.3) is 0 Å². The van der Waals surface area contributed by atoms with Crippen molar-refractivity contribution in [3.05, 3.63) is 30.5 Å². The molecule has 4 aromatic heterocycles. The van der Waals surface area contributed by atoms with Crippen molar-refractivity contribution in [3.63, 3.8) is 0 Å². The van der Waals surface area contributed by atoms with E-state index in [0.717, 1.165) is 6.42 Å². The fourth-order valence-electron chi connectivity index (χ4n) is 4.10. The third-order valence-electron chi connectivity index (χ3n) is 6.20. The summed E-state index contributed by atoms with van der Waals surface area (Å²) >= 11 is 0. The van der Waals surface area contributed by atoms with E-state index >= 15 is 0 Å². The molecule has 5 heterocycles. The van der Waals surface area contributed by atoms with Crippen molar-refractivity contribution in [2.45, 2.75) is 13.3 Å². The number of carbonyl (C=O) groups is 1. The van der Waals surface area contributed by atoms with Crippen LogP contribution in [0.5, 0.6) is 0 Å². The Kier molecular flexibility index (Phi) is 3.82. The summed E-state index contributed by atoms with van der Waals surface area (Å²) in [5, 5.41) is 18.4. The largest absolute Gasteiger partial charge is 0.378 e. The molecule has 2 N–H and O–H groups in total. The fraction of sp³-hybridized carbons (Fsp3) is 0.391. The number of aromatic nitrogens is 6. The molecule has 0 bridgehead atoms. The summed E-state index contributed by atoms with van der Waals surface area (Å²) in [6.07, 6.45) is 2.23. The van der Waals surface area contributed by atoms with Gasteiger partial charge in [-0.05, 0) is 30.5 Å². The lowest BCUT2D eigenvalue weighted by atomic mass is 10.1. The Labute approximate surface area is 202 Å². The van der Waals surface area contributed by atoms with Crippen LogP contribution >= 0.6 is 0 Å². The van der Waals surface area contributed by atoms with Gasteiger partial charge in [-0.2, -0.15) is 0 Å². The van der Waals surface area contributed by atoms with E-state index in [9.17, 15) is 4.79 Å². The number of carbonyl (C=O) groups excluding carboxylic acids is 1. The summed E-state index contributed by atoms with van der Waals surface area (Å²) in [5.41, 5.74) is 1.29. The number of nitrogens with one attached hydrogen (secondary N) is 2. The first-order valence-electron chi connectivity index (χ1n) is 13.5. The smallest absolute Gasteiger partial charge is 0.228 e. The Hall–Kier alpha value is -3.86. The molecule has 1 saturated heterocycles. The van der Waals surface area contributed by atoms with Crippen LogP contribution in [0.2, 0.25) is 0 Å². The number of morpholine rings is 1. The van der Waals surface area contributed by atoms with E-state index in [0.29, 0.717) is 54.5 Å². The Morgan fingerprint density at radius 3 is 2.97 bits per heavy atom. The molecule has 0 aromatic carbocycles. The number of hydrogen-bond acceptors (Lipinski definition) is 9. The van der Waals surface area contributed by atoms with Gasteiger partial charge in [0.1, 0.15) is 5.52 Å². The van der Waals surface area contributed by atoms with Crippen LogP contribution in [-0.4, -0.2) is 69.0 Å². The highest BCUT2D eigenvalue weighted by molar-refractivity contribution is 6.01. The summed E-state index contributed by atoms with van der Waals surface area (Å²) in [4.78, 5) is 23.2. The zero-order valence-electron chi connectivity index (χ0n) is 23.4. The van der Waals surface area contributed by atoms with Crippen LogP contribution in [0.25, 0.3) is 27.9 Å². The van der Waals surface area contributed by atoms with Gasteiger partial charge in [0.05, 0.1) is 27.8 Å². The molecule has 174 valence electrons. The SMILES string of the molecule is [2H]c1cc2nc(-c3cnc(NC([2H])([2H])[2H])c4nnc(NC(=O)[C@H]5C[C@H]5C)cc34)nn2c([2H])c1N1CCOCC1. The number of amides is 1. The standard InChI is InChI=1S/C23H25N9O2/c1-13-9-15(13)23(33)26-18-10-16-17(11-25-22(24-2)20(16)29-28-18)21-27-19-4-3-14(12-32(19)30-21)31-5-7-34-8-6-31/h3-4,10-13,15H,5-9H2,1-2H3,(H,24,25)(H,26,28,33)/t13-,15+/m1/s1/i2D3,3D,12D. The van der Waals surface area contributed by atoms with Crippen LogP contribution in [0, 0.1) is 11.8 Å². The van der Waals surface area contributed by atoms with E-state index < -0.39 is 6.98 Å². The number of nitrogens with zero attached hydrogens (tertiary/aromatic N) is 7. The molecule has 6 rings (SSSR count). The van der Waals surface area contributed by atoms with Crippen molar-refractivity contribution in [2.75, 3.05) is 48.8 Å². The maximum Gasteiger partial charge on any atom is 0.228 e. The summed E-state index contributed by atoms with van der Waals surface area (Å²) in [6, 6.07) is 3.28. The van der Waals surface area contributed by atoms with E-state index in [-0.39, 0.29) is 47.0 Å². The monoisotopic (exact) mass is 464 g/mol. The van der Waals surface area contributed by atoms with E-state index in [4.69, 9.17) is 11.6 Å². The average Bonchev–Trinajstić information content (AvgIpc) is 3.47. The minimum absolute atomic E-state index is 0.0112. The summed E-state index contributed by atoms with van der Waals surface area (Å²) in [6.45, 7) is 1.60. The molecule has 0 unspecified atom stereocenters. The minimum atomic E-state index is -2.53. The second-order valence-corrected chi connectivity index (χ2v) is 8.50. The van der Waals surface area contributed by atoms with Crippen molar-refractivity contribution in [3.8, 4) is 11.4 Å². The maximum absolute atomic E-state index is 12.5. The van der Waals surface area contributed by atoms with Crippen molar-refractivity contribution in [2.24, 2.45) is 11.8 Å². The normalized spacial score (nSPS) is 22.5. The Bertz CT molecular complexity index is 1600. The van der Waals surface area contributed by atoms with Crippen molar-refractivity contribution in [1.82, 2.24) is 29.8 Å². The lowest BCUT2D eigenvalue weighted by Crippen LogP contribution is -2.36. The van der Waals surface area contributed by atoms with Crippen molar-refractivity contribution in [1.29, 1.82) is 0 Å². The third kappa shape index (κ3) is 3.67. The molecule has 2 atom stereocenters. The van der Waals surface area contributed by atoms with Gasteiger partial charge < -0.3 is 20.3 Å². The highest BCUT2D eigenvalue weighted by Crippen LogP contribution is 2.38. The van der Waals surface area contributed by atoms with Crippen LogP contribution in [0.1, 0.15) is 20.2 Å². The number of fused-ring (bicyclic) bond motifs is 2. The number of hydrogen-bond donors (Lipinski definition) is 2. The number of rotatable bonds is 5. The molecule has 1 saturated carbocycles. The predicted octanol–water partition coefficient (Wildman–Crippen LogP) is 2.21. The molecule has 0 spiro atoms.